The van der Waals surface area contributed by atoms with Crippen LogP contribution in [-0.4, -0.2) is 70.2 Å². The Kier molecular flexibility index (Phi) is 3.69. The molecule has 3 atom stereocenters. The first-order valence-electron chi connectivity index (χ1n) is 7.50. The van der Waals surface area contributed by atoms with Gasteiger partial charge >= 0.3 is 0 Å². The number of aliphatic hydroxyl groups excluding tert-OH is 2. The Labute approximate surface area is 118 Å². The van der Waals surface area contributed by atoms with Crippen molar-refractivity contribution in [1.29, 1.82) is 0 Å². The van der Waals surface area contributed by atoms with Crippen LogP contribution in [0.15, 0.2) is 0 Å². The van der Waals surface area contributed by atoms with Gasteiger partial charge in [0.2, 0.25) is 11.8 Å². The van der Waals surface area contributed by atoms with Crippen LogP contribution in [0.2, 0.25) is 0 Å². The summed E-state index contributed by atoms with van der Waals surface area (Å²) in [6.07, 6.45) is 1.93. The first kappa shape index (κ1) is 13.8. The van der Waals surface area contributed by atoms with E-state index in [0.29, 0.717) is 6.54 Å². The lowest BCUT2D eigenvalue weighted by Gasteiger charge is -2.34. The van der Waals surface area contributed by atoms with Crippen LogP contribution in [0.1, 0.15) is 25.7 Å². The zero-order chi connectivity index (χ0) is 14.3. The van der Waals surface area contributed by atoms with Crippen LogP contribution in [0.4, 0.5) is 0 Å². The Bertz CT molecular complexity index is 400. The van der Waals surface area contributed by atoms with E-state index >= 15 is 0 Å². The molecule has 3 rings (SSSR count). The van der Waals surface area contributed by atoms with Crippen LogP contribution in [0.5, 0.6) is 0 Å². The van der Waals surface area contributed by atoms with Gasteiger partial charge in [0.15, 0.2) is 0 Å². The summed E-state index contributed by atoms with van der Waals surface area (Å²) in [6.45, 7) is 1.65. The number of likely N-dealkylation sites (tertiary alicyclic amines) is 2. The number of carbonyl (C=O) groups is 2. The molecule has 1 unspecified atom stereocenters. The molecule has 0 aromatic rings. The highest BCUT2D eigenvalue weighted by atomic mass is 16.3. The molecule has 3 fully saturated rings. The number of carbonyl (C=O) groups excluding carboxylic acids is 2. The standard InChI is InChI=1S/C14H22N2O4/c17-11-7-16(8-12(11)18)14(20)10-2-1-5-15(6-10)13(19)9-3-4-9/h9-12,17-18H,1-8H2/t10?,11-,12+. The van der Waals surface area contributed by atoms with Gasteiger partial charge in [0, 0.05) is 32.1 Å². The summed E-state index contributed by atoms with van der Waals surface area (Å²) < 4.78 is 0. The van der Waals surface area contributed by atoms with E-state index in [2.05, 4.69) is 0 Å². The number of hydrogen-bond donors (Lipinski definition) is 2. The molecule has 0 radical (unpaired) electrons. The summed E-state index contributed by atoms with van der Waals surface area (Å²) in [6, 6.07) is 0. The molecule has 0 aromatic carbocycles. The summed E-state index contributed by atoms with van der Waals surface area (Å²) in [5.74, 6) is 0.182. The Balaban J connectivity index is 1.59. The maximum absolute atomic E-state index is 12.4. The van der Waals surface area contributed by atoms with Gasteiger partial charge in [-0.25, -0.2) is 0 Å². The fraction of sp³-hybridized carbons (Fsp3) is 0.857. The number of hydrogen-bond acceptors (Lipinski definition) is 4. The monoisotopic (exact) mass is 282 g/mol. The molecule has 2 aliphatic heterocycles. The molecule has 3 aliphatic rings. The maximum atomic E-state index is 12.4. The van der Waals surface area contributed by atoms with Crippen LogP contribution >= 0.6 is 0 Å². The highest BCUT2D eigenvalue weighted by molar-refractivity contribution is 5.83. The number of amides is 2. The van der Waals surface area contributed by atoms with Crippen molar-refractivity contribution in [3.05, 3.63) is 0 Å². The Morgan fingerprint density at radius 1 is 0.800 bits per heavy atom. The molecule has 0 bridgehead atoms. The van der Waals surface area contributed by atoms with Gasteiger partial charge in [-0.05, 0) is 25.7 Å². The second-order valence-electron chi connectivity index (χ2n) is 6.28. The molecular formula is C14H22N2O4. The molecule has 20 heavy (non-hydrogen) atoms. The summed E-state index contributed by atoms with van der Waals surface area (Å²) in [4.78, 5) is 27.8. The van der Waals surface area contributed by atoms with Crippen molar-refractivity contribution in [2.45, 2.75) is 37.9 Å². The predicted octanol–water partition coefficient (Wildman–Crippen LogP) is -0.801. The van der Waals surface area contributed by atoms with Crippen LogP contribution < -0.4 is 0 Å². The first-order chi connectivity index (χ1) is 9.56. The molecule has 6 nitrogen and oxygen atoms in total. The lowest BCUT2D eigenvalue weighted by Crippen LogP contribution is -2.47. The second kappa shape index (κ2) is 5.33. The molecular weight excluding hydrogens is 260 g/mol. The number of piperidine rings is 1. The molecule has 2 N–H and O–H groups in total. The predicted molar refractivity (Wildman–Crippen MR) is 70.6 cm³/mol. The number of nitrogens with zero attached hydrogens (tertiary/aromatic N) is 2. The Morgan fingerprint density at radius 2 is 1.40 bits per heavy atom. The molecule has 2 heterocycles. The van der Waals surface area contributed by atoms with Gasteiger partial charge in [-0.1, -0.05) is 0 Å². The van der Waals surface area contributed by atoms with E-state index in [-0.39, 0.29) is 36.7 Å². The highest BCUT2D eigenvalue weighted by Gasteiger charge is 2.40. The quantitative estimate of drug-likeness (QED) is 0.695. The maximum Gasteiger partial charge on any atom is 0.227 e. The summed E-state index contributed by atoms with van der Waals surface area (Å²) in [5.41, 5.74) is 0. The fourth-order valence-electron chi connectivity index (χ4n) is 3.17. The zero-order valence-electron chi connectivity index (χ0n) is 11.6. The SMILES string of the molecule is O=C(C1CC1)N1CCCC(C(=O)N2C[C@@H](O)[C@@H](O)C2)C1. The Morgan fingerprint density at radius 3 is 2.00 bits per heavy atom. The lowest BCUT2D eigenvalue weighted by molar-refractivity contribution is -0.141. The highest BCUT2D eigenvalue weighted by Crippen LogP contribution is 2.33. The molecule has 2 amide bonds. The van der Waals surface area contributed by atoms with Gasteiger partial charge in [-0.15, -0.1) is 0 Å². The van der Waals surface area contributed by atoms with Crippen molar-refractivity contribution in [1.82, 2.24) is 9.80 Å². The van der Waals surface area contributed by atoms with Gasteiger partial charge in [0.25, 0.3) is 0 Å². The summed E-state index contributed by atoms with van der Waals surface area (Å²) in [7, 11) is 0. The Hall–Kier alpha value is -1.14. The second-order valence-corrected chi connectivity index (χ2v) is 6.28. The minimum Gasteiger partial charge on any atom is -0.388 e. The number of aliphatic hydroxyl groups is 2. The third-order valence-corrected chi connectivity index (χ3v) is 4.58. The van der Waals surface area contributed by atoms with E-state index in [0.717, 1.165) is 32.2 Å². The smallest absolute Gasteiger partial charge is 0.227 e. The van der Waals surface area contributed by atoms with E-state index in [1.54, 1.807) is 0 Å². The van der Waals surface area contributed by atoms with Crippen molar-refractivity contribution < 1.29 is 19.8 Å². The largest absolute Gasteiger partial charge is 0.388 e. The average molecular weight is 282 g/mol. The van der Waals surface area contributed by atoms with Crippen molar-refractivity contribution in [3.63, 3.8) is 0 Å². The van der Waals surface area contributed by atoms with Gasteiger partial charge in [0.05, 0.1) is 18.1 Å². The molecule has 2 saturated heterocycles. The molecule has 112 valence electrons. The van der Waals surface area contributed by atoms with Gasteiger partial charge in [0.1, 0.15) is 0 Å². The lowest BCUT2D eigenvalue weighted by atomic mass is 9.96. The average Bonchev–Trinajstić information content (AvgIpc) is 3.24. The molecule has 0 aromatic heterocycles. The van der Waals surface area contributed by atoms with Crippen LogP contribution in [0, 0.1) is 11.8 Å². The van der Waals surface area contributed by atoms with Crippen molar-refractivity contribution in [3.8, 4) is 0 Å². The van der Waals surface area contributed by atoms with Crippen LogP contribution in [0.3, 0.4) is 0 Å². The normalized spacial score (nSPS) is 34.4. The molecule has 0 spiro atoms. The van der Waals surface area contributed by atoms with E-state index in [1.807, 2.05) is 4.90 Å². The van der Waals surface area contributed by atoms with Gasteiger partial charge < -0.3 is 20.0 Å². The summed E-state index contributed by atoms with van der Waals surface area (Å²) in [5, 5.41) is 19.1. The van der Waals surface area contributed by atoms with Crippen molar-refractivity contribution >= 4 is 11.8 Å². The van der Waals surface area contributed by atoms with Crippen molar-refractivity contribution in [2.24, 2.45) is 11.8 Å². The minimum atomic E-state index is -0.841. The zero-order valence-corrected chi connectivity index (χ0v) is 11.6. The third kappa shape index (κ3) is 2.67. The van der Waals surface area contributed by atoms with Crippen LogP contribution in [0.25, 0.3) is 0 Å². The molecule has 1 saturated carbocycles. The summed E-state index contributed by atoms with van der Waals surface area (Å²) >= 11 is 0. The number of β-amino-alcohol motifs (C(OH)–C–C–N with tert-alkyl or cyclic N) is 2. The molecule has 1 aliphatic carbocycles. The van der Waals surface area contributed by atoms with E-state index in [9.17, 15) is 19.8 Å². The third-order valence-electron chi connectivity index (χ3n) is 4.58. The first-order valence-corrected chi connectivity index (χ1v) is 7.50. The van der Waals surface area contributed by atoms with Gasteiger partial charge in [-0.3, -0.25) is 9.59 Å². The van der Waals surface area contributed by atoms with E-state index in [1.165, 1.54) is 4.90 Å². The van der Waals surface area contributed by atoms with E-state index in [4.69, 9.17) is 0 Å². The molecule has 6 heteroatoms. The minimum absolute atomic E-state index is 0.0334. The van der Waals surface area contributed by atoms with Crippen molar-refractivity contribution in [2.75, 3.05) is 26.2 Å². The number of rotatable bonds is 2. The topological polar surface area (TPSA) is 81.1 Å². The van der Waals surface area contributed by atoms with E-state index < -0.39 is 12.2 Å². The fourth-order valence-corrected chi connectivity index (χ4v) is 3.17. The van der Waals surface area contributed by atoms with Gasteiger partial charge in [-0.2, -0.15) is 0 Å². The van der Waals surface area contributed by atoms with Crippen LogP contribution in [-0.2, 0) is 9.59 Å².